The van der Waals surface area contributed by atoms with Gasteiger partial charge in [0.25, 0.3) is 0 Å². The summed E-state index contributed by atoms with van der Waals surface area (Å²) in [5, 5.41) is 12.3. The van der Waals surface area contributed by atoms with Gasteiger partial charge in [0.15, 0.2) is 0 Å². The van der Waals surface area contributed by atoms with Crippen molar-refractivity contribution in [3.8, 4) is 0 Å². The highest BCUT2D eigenvalue weighted by Gasteiger charge is 1.98. The third kappa shape index (κ3) is 3.95. The van der Waals surface area contributed by atoms with E-state index in [9.17, 15) is 4.79 Å². The van der Waals surface area contributed by atoms with Crippen LogP contribution < -0.4 is 5.32 Å². The van der Waals surface area contributed by atoms with E-state index in [1.165, 1.54) is 6.08 Å². The minimum absolute atomic E-state index is 0.492. The fraction of sp³-hybridized carbons (Fsp3) is 0.250. The molecule has 0 heterocycles. The molecule has 0 unspecified atom stereocenters. The topological polar surface area (TPSA) is 49.3 Å². The molecule has 1 rings (SSSR count). The van der Waals surface area contributed by atoms with Crippen LogP contribution >= 0.6 is 11.6 Å². The normalized spacial score (nSPS) is 11.3. The molecule has 0 aliphatic rings. The number of hydrogen-bond donors (Lipinski definition) is 2. The Morgan fingerprint density at radius 1 is 1.56 bits per heavy atom. The number of carboxylic acid groups (broad SMARTS) is 1. The zero-order chi connectivity index (χ0) is 12.1. The van der Waals surface area contributed by atoms with E-state index in [-0.39, 0.29) is 0 Å². The Bertz CT molecular complexity index is 427. The fourth-order valence-electron chi connectivity index (χ4n) is 1.21. The lowest BCUT2D eigenvalue weighted by molar-refractivity contribution is -0.131. The van der Waals surface area contributed by atoms with Crippen molar-refractivity contribution in [1.29, 1.82) is 0 Å². The van der Waals surface area contributed by atoms with Crippen LogP contribution in [0.3, 0.4) is 0 Å². The van der Waals surface area contributed by atoms with Crippen molar-refractivity contribution >= 4 is 23.3 Å². The summed E-state index contributed by atoms with van der Waals surface area (Å²) in [6.07, 6.45) is 1.18. The summed E-state index contributed by atoms with van der Waals surface area (Å²) in [4.78, 5) is 10.4. The highest BCUT2D eigenvalue weighted by molar-refractivity contribution is 6.31. The van der Waals surface area contributed by atoms with Gasteiger partial charge in [0, 0.05) is 23.3 Å². The SMILES string of the molecule is C/C(=C/C(=O)O)CNc1ccc(C)c(Cl)c1. The van der Waals surface area contributed by atoms with Crippen LogP contribution in [-0.2, 0) is 4.79 Å². The van der Waals surface area contributed by atoms with Gasteiger partial charge in [-0.15, -0.1) is 0 Å². The quantitative estimate of drug-likeness (QED) is 0.794. The Morgan fingerprint density at radius 3 is 2.81 bits per heavy atom. The first-order valence-corrected chi connectivity index (χ1v) is 5.27. The van der Waals surface area contributed by atoms with E-state index < -0.39 is 5.97 Å². The summed E-state index contributed by atoms with van der Waals surface area (Å²) in [6, 6.07) is 5.65. The Labute approximate surface area is 99.7 Å². The highest BCUT2D eigenvalue weighted by atomic mass is 35.5. The molecule has 3 nitrogen and oxygen atoms in total. The van der Waals surface area contributed by atoms with Crippen LogP contribution in [0.4, 0.5) is 5.69 Å². The number of benzene rings is 1. The average molecular weight is 240 g/mol. The molecular formula is C12H14ClNO2. The molecule has 0 amide bonds. The number of carbonyl (C=O) groups is 1. The van der Waals surface area contributed by atoms with Crippen molar-refractivity contribution in [1.82, 2.24) is 0 Å². The van der Waals surface area contributed by atoms with Crippen LogP contribution in [0.1, 0.15) is 12.5 Å². The second-order valence-corrected chi connectivity index (χ2v) is 4.05. The maximum atomic E-state index is 10.4. The summed E-state index contributed by atoms with van der Waals surface area (Å²) in [7, 11) is 0. The smallest absolute Gasteiger partial charge is 0.328 e. The van der Waals surface area contributed by atoms with Crippen molar-refractivity contribution in [2.75, 3.05) is 11.9 Å². The Hall–Kier alpha value is -1.48. The monoisotopic (exact) mass is 239 g/mol. The molecule has 86 valence electrons. The number of aliphatic carboxylic acids is 1. The standard InChI is InChI=1S/C12H14ClNO2/c1-8(5-12(15)16)7-14-10-4-3-9(2)11(13)6-10/h3-6,14H,7H2,1-2H3,(H,15,16)/b8-5-. The van der Waals surface area contributed by atoms with Gasteiger partial charge in [-0.1, -0.05) is 17.7 Å². The van der Waals surface area contributed by atoms with E-state index in [0.29, 0.717) is 11.6 Å². The first kappa shape index (κ1) is 12.6. The minimum Gasteiger partial charge on any atom is -0.478 e. The van der Waals surface area contributed by atoms with Crippen LogP contribution in [0, 0.1) is 6.92 Å². The summed E-state index contributed by atoms with van der Waals surface area (Å²) < 4.78 is 0. The Kier molecular flexibility index (Phi) is 4.38. The van der Waals surface area contributed by atoms with E-state index in [4.69, 9.17) is 16.7 Å². The Balaban J connectivity index is 2.61. The number of aryl methyl sites for hydroxylation is 1. The van der Waals surface area contributed by atoms with Gasteiger partial charge < -0.3 is 10.4 Å². The fourth-order valence-corrected chi connectivity index (χ4v) is 1.39. The second-order valence-electron chi connectivity index (χ2n) is 3.65. The van der Waals surface area contributed by atoms with Crippen LogP contribution in [0.15, 0.2) is 29.8 Å². The molecule has 0 aliphatic carbocycles. The van der Waals surface area contributed by atoms with E-state index in [1.807, 2.05) is 25.1 Å². The number of hydrogen-bond acceptors (Lipinski definition) is 2. The zero-order valence-corrected chi connectivity index (χ0v) is 10.0. The predicted octanol–water partition coefficient (Wildman–Crippen LogP) is 3.09. The molecule has 0 atom stereocenters. The molecule has 0 spiro atoms. The van der Waals surface area contributed by atoms with Crippen molar-refractivity contribution in [2.45, 2.75) is 13.8 Å². The van der Waals surface area contributed by atoms with Crippen molar-refractivity contribution in [3.05, 3.63) is 40.4 Å². The lowest BCUT2D eigenvalue weighted by Gasteiger charge is -2.07. The largest absolute Gasteiger partial charge is 0.478 e. The Morgan fingerprint density at radius 2 is 2.25 bits per heavy atom. The first-order valence-electron chi connectivity index (χ1n) is 4.89. The number of carboxylic acids is 1. The van der Waals surface area contributed by atoms with Gasteiger partial charge in [-0.05, 0) is 37.1 Å². The molecule has 2 N–H and O–H groups in total. The summed E-state index contributed by atoms with van der Waals surface area (Å²) >= 11 is 5.96. The van der Waals surface area contributed by atoms with Gasteiger partial charge in [-0.25, -0.2) is 4.79 Å². The first-order chi connectivity index (χ1) is 7.49. The summed E-state index contributed by atoms with van der Waals surface area (Å²) in [5.41, 5.74) is 2.66. The van der Waals surface area contributed by atoms with E-state index in [0.717, 1.165) is 16.8 Å². The van der Waals surface area contributed by atoms with Crippen molar-refractivity contribution < 1.29 is 9.90 Å². The molecule has 4 heteroatoms. The molecular weight excluding hydrogens is 226 g/mol. The lowest BCUT2D eigenvalue weighted by atomic mass is 10.2. The second kappa shape index (κ2) is 5.56. The minimum atomic E-state index is -0.929. The van der Waals surface area contributed by atoms with Crippen molar-refractivity contribution in [3.63, 3.8) is 0 Å². The molecule has 0 saturated carbocycles. The molecule has 1 aromatic rings. The number of rotatable bonds is 4. The summed E-state index contributed by atoms with van der Waals surface area (Å²) in [5.74, 6) is -0.929. The number of halogens is 1. The predicted molar refractivity (Wildman–Crippen MR) is 66.1 cm³/mol. The number of nitrogens with one attached hydrogen (secondary N) is 1. The average Bonchev–Trinajstić information content (AvgIpc) is 2.19. The van der Waals surface area contributed by atoms with Crippen LogP contribution in [0.5, 0.6) is 0 Å². The molecule has 0 aromatic heterocycles. The van der Waals surface area contributed by atoms with Gasteiger partial charge in [0.05, 0.1) is 0 Å². The molecule has 16 heavy (non-hydrogen) atoms. The van der Waals surface area contributed by atoms with Crippen molar-refractivity contribution in [2.24, 2.45) is 0 Å². The van der Waals surface area contributed by atoms with Gasteiger partial charge >= 0.3 is 5.97 Å². The molecule has 0 fully saturated rings. The maximum Gasteiger partial charge on any atom is 0.328 e. The lowest BCUT2D eigenvalue weighted by Crippen LogP contribution is -2.04. The zero-order valence-electron chi connectivity index (χ0n) is 9.25. The molecule has 1 aromatic carbocycles. The third-order valence-corrected chi connectivity index (χ3v) is 2.52. The number of anilines is 1. The van der Waals surface area contributed by atoms with E-state index in [2.05, 4.69) is 5.32 Å². The molecule has 0 aliphatic heterocycles. The maximum absolute atomic E-state index is 10.4. The van der Waals surface area contributed by atoms with Gasteiger partial charge in [0.1, 0.15) is 0 Å². The van der Waals surface area contributed by atoms with Crippen LogP contribution in [0.2, 0.25) is 5.02 Å². The van der Waals surface area contributed by atoms with Gasteiger partial charge in [-0.3, -0.25) is 0 Å². The van der Waals surface area contributed by atoms with E-state index in [1.54, 1.807) is 6.92 Å². The van der Waals surface area contributed by atoms with Crippen LogP contribution in [0.25, 0.3) is 0 Å². The molecule has 0 saturated heterocycles. The summed E-state index contributed by atoms with van der Waals surface area (Å²) in [6.45, 7) is 4.18. The third-order valence-electron chi connectivity index (χ3n) is 2.11. The molecule has 0 radical (unpaired) electrons. The highest BCUT2D eigenvalue weighted by Crippen LogP contribution is 2.19. The van der Waals surface area contributed by atoms with E-state index >= 15 is 0 Å². The van der Waals surface area contributed by atoms with Gasteiger partial charge in [-0.2, -0.15) is 0 Å². The van der Waals surface area contributed by atoms with Crippen LogP contribution in [-0.4, -0.2) is 17.6 Å². The molecule has 0 bridgehead atoms. The van der Waals surface area contributed by atoms with Gasteiger partial charge in [0.2, 0.25) is 0 Å².